The average molecular weight is 559 g/mol. The van der Waals surface area contributed by atoms with Gasteiger partial charge >= 0.3 is 0 Å². The predicted molar refractivity (Wildman–Crippen MR) is 141 cm³/mol. The summed E-state index contributed by atoms with van der Waals surface area (Å²) >= 11 is 3.62. The fourth-order valence-electron chi connectivity index (χ4n) is 3.88. The van der Waals surface area contributed by atoms with Gasteiger partial charge in [-0.2, -0.15) is 5.10 Å². The van der Waals surface area contributed by atoms with Gasteiger partial charge in [0, 0.05) is 45.1 Å². The summed E-state index contributed by atoms with van der Waals surface area (Å²) in [5, 5.41) is 10.2. The van der Waals surface area contributed by atoms with Crippen LogP contribution in [0.3, 0.4) is 0 Å². The maximum Gasteiger partial charge on any atom is 0.132 e. The molecule has 1 aromatic carbocycles. The maximum absolute atomic E-state index is 6.21. The van der Waals surface area contributed by atoms with E-state index >= 15 is 0 Å². The third kappa shape index (κ3) is 5.18. The Hall–Kier alpha value is -1.90. The molecule has 4 heterocycles. The highest BCUT2D eigenvalue weighted by Gasteiger charge is 2.17. The summed E-state index contributed by atoms with van der Waals surface area (Å²) in [7, 11) is 0. The van der Waals surface area contributed by atoms with Gasteiger partial charge in [0.1, 0.15) is 5.82 Å². The molecule has 170 valence electrons. The van der Waals surface area contributed by atoms with Gasteiger partial charge in [-0.15, -0.1) is 37.2 Å². The SMILES string of the molecule is Cl.Cl.Cl.Nc1ncc(-c2cnn(C3CCNCC3)c2)cc1-c1cc2c(Br)cccc2cn1. The molecule has 4 aromatic rings. The molecule has 1 aliphatic rings. The van der Waals surface area contributed by atoms with Gasteiger partial charge in [-0.3, -0.25) is 9.67 Å². The van der Waals surface area contributed by atoms with E-state index in [-0.39, 0.29) is 37.2 Å². The van der Waals surface area contributed by atoms with Crippen molar-refractivity contribution in [2.45, 2.75) is 18.9 Å². The lowest BCUT2D eigenvalue weighted by Gasteiger charge is -2.22. The zero-order chi connectivity index (χ0) is 19.8. The molecule has 0 spiro atoms. The Kier molecular flexibility index (Phi) is 9.30. The molecular formula is C22H24BrCl3N6. The minimum absolute atomic E-state index is 0. The molecule has 10 heteroatoms. The first-order valence-electron chi connectivity index (χ1n) is 9.74. The fraction of sp³-hybridized carbons (Fsp3) is 0.227. The molecule has 0 atom stereocenters. The number of hydrogen-bond acceptors (Lipinski definition) is 5. The molecule has 1 fully saturated rings. The summed E-state index contributed by atoms with van der Waals surface area (Å²) in [6, 6.07) is 10.6. The van der Waals surface area contributed by atoms with Gasteiger partial charge in [-0.25, -0.2) is 4.98 Å². The van der Waals surface area contributed by atoms with Crippen LogP contribution in [0.1, 0.15) is 18.9 Å². The van der Waals surface area contributed by atoms with Crippen molar-refractivity contribution >= 4 is 69.7 Å². The molecule has 32 heavy (non-hydrogen) atoms. The second-order valence-corrected chi connectivity index (χ2v) is 8.23. The van der Waals surface area contributed by atoms with Crippen molar-refractivity contribution < 1.29 is 0 Å². The monoisotopic (exact) mass is 556 g/mol. The number of halogens is 4. The van der Waals surface area contributed by atoms with Gasteiger partial charge in [-0.1, -0.05) is 28.1 Å². The molecule has 3 N–H and O–H groups in total. The quantitative estimate of drug-likeness (QED) is 0.337. The number of aromatic nitrogens is 4. The molecule has 0 unspecified atom stereocenters. The lowest BCUT2D eigenvalue weighted by Crippen LogP contribution is -2.29. The first-order valence-corrected chi connectivity index (χ1v) is 10.5. The van der Waals surface area contributed by atoms with E-state index in [1.807, 2.05) is 30.6 Å². The second-order valence-electron chi connectivity index (χ2n) is 7.38. The van der Waals surface area contributed by atoms with Crippen molar-refractivity contribution in [1.82, 2.24) is 25.1 Å². The standard InChI is InChI=1S/C22H21BrN6.3ClH/c23-20-3-1-2-14-10-26-21(9-18(14)20)19-8-15(11-27-22(19)24)16-12-28-29(13-16)17-4-6-25-7-5-17;;;/h1-3,8-13,17,25H,4-7H2,(H2,24,27);3*1H. The van der Waals surface area contributed by atoms with Crippen LogP contribution in [0.2, 0.25) is 0 Å². The van der Waals surface area contributed by atoms with E-state index in [9.17, 15) is 0 Å². The van der Waals surface area contributed by atoms with E-state index in [0.717, 1.165) is 63.6 Å². The first-order chi connectivity index (χ1) is 14.2. The number of piperidine rings is 1. The zero-order valence-electron chi connectivity index (χ0n) is 17.1. The van der Waals surface area contributed by atoms with Crippen LogP contribution in [0, 0.1) is 0 Å². The third-order valence-corrected chi connectivity index (χ3v) is 6.21. The Morgan fingerprint density at radius 1 is 0.969 bits per heavy atom. The first kappa shape index (κ1) is 26.4. The number of fused-ring (bicyclic) bond motifs is 1. The minimum Gasteiger partial charge on any atom is -0.383 e. The smallest absolute Gasteiger partial charge is 0.132 e. The molecule has 0 saturated carbocycles. The van der Waals surface area contributed by atoms with Gasteiger partial charge in [0.25, 0.3) is 0 Å². The molecule has 0 bridgehead atoms. The molecular weight excluding hydrogens is 535 g/mol. The van der Waals surface area contributed by atoms with E-state index in [1.165, 1.54) is 0 Å². The van der Waals surface area contributed by atoms with Crippen LogP contribution in [0.15, 0.2) is 59.6 Å². The molecule has 3 aromatic heterocycles. The maximum atomic E-state index is 6.21. The molecule has 6 nitrogen and oxygen atoms in total. The summed E-state index contributed by atoms with van der Waals surface area (Å²) in [6.45, 7) is 2.08. The largest absolute Gasteiger partial charge is 0.383 e. The average Bonchev–Trinajstić information content (AvgIpc) is 3.25. The van der Waals surface area contributed by atoms with Crippen LogP contribution in [0.25, 0.3) is 33.2 Å². The summed E-state index contributed by atoms with van der Waals surface area (Å²) < 4.78 is 3.11. The van der Waals surface area contributed by atoms with Gasteiger partial charge < -0.3 is 11.1 Å². The lowest BCUT2D eigenvalue weighted by atomic mass is 10.0. The van der Waals surface area contributed by atoms with Gasteiger partial charge in [-0.05, 0) is 49.5 Å². The molecule has 0 amide bonds. The number of pyridine rings is 2. The Morgan fingerprint density at radius 2 is 1.75 bits per heavy atom. The summed E-state index contributed by atoms with van der Waals surface area (Å²) in [5.74, 6) is 0.471. The van der Waals surface area contributed by atoms with Crippen LogP contribution >= 0.6 is 53.2 Å². The van der Waals surface area contributed by atoms with Crippen molar-refractivity contribution in [2.24, 2.45) is 0 Å². The van der Waals surface area contributed by atoms with E-state index in [2.05, 4.69) is 59.3 Å². The van der Waals surface area contributed by atoms with Crippen LogP contribution in [0.4, 0.5) is 5.82 Å². The van der Waals surface area contributed by atoms with Crippen LogP contribution in [0.5, 0.6) is 0 Å². The molecule has 1 saturated heterocycles. The Balaban J connectivity index is 0.00000121. The number of nitrogens with zero attached hydrogens (tertiary/aromatic N) is 4. The van der Waals surface area contributed by atoms with E-state index in [1.54, 1.807) is 6.20 Å². The second kappa shape index (κ2) is 11.3. The Bertz CT molecular complexity index is 1190. The van der Waals surface area contributed by atoms with Crippen molar-refractivity contribution in [1.29, 1.82) is 0 Å². The fourth-order valence-corrected chi connectivity index (χ4v) is 4.37. The van der Waals surface area contributed by atoms with Gasteiger partial charge in [0.2, 0.25) is 0 Å². The van der Waals surface area contributed by atoms with Crippen molar-refractivity contribution in [2.75, 3.05) is 18.8 Å². The molecule has 0 radical (unpaired) electrons. The molecule has 0 aliphatic carbocycles. The zero-order valence-corrected chi connectivity index (χ0v) is 21.1. The number of rotatable bonds is 3. The number of hydrogen-bond donors (Lipinski definition) is 2. The van der Waals surface area contributed by atoms with Crippen molar-refractivity contribution in [3.63, 3.8) is 0 Å². The number of nitrogen functional groups attached to an aromatic ring is 1. The van der Waals surface area contributed by atoms with Crippen LogP contribution in [-0.4, -0.2) is 32.8 Å². The number of anilines is 1. The van der Waals surface area contributed by atoms with Crippen LogP contribution in [-0.2, 0) is 0 Å². The van der Waals surface area contributed by atoms with E-state index in [4.69, 9.17) is 5.73 Å². The Morgan fingerprint density at radius 3 is 2.53 bits per heavy atom. The predicted octanol–water partition coefficient (Wildman–Crippen LogP) is 5.69. The minimum atomic E-state index is 0. The molecule has 5 rings (SSSR count). The Labute approximate surface area is 213 Å². The van der Waals surface area contributed by atoms with Gasteiger partial charge in [0.05, 0.1) is 17.9 Å². The third-order valence-electron chi connectivity index (χ3n) is 5.52. The number of nitrogens with two attached hydrogens (primary N) is 1. The summed E-state index contributed by atoms with van der Waals surface area (Å²) in [6.07, 6.45) is 9.89. The normalized spacial score (nSPS) is 13.7. The topological polar surface area (TPSA) is 81.6 Å². The summed E-state index contributed by atoms with van der Waals surface area (Å²) in [4.78, 5) is 9.06. The van der Waals surface area contributed by atoms with Crippen LogP contribution < -0.4 is 11.1 Å². The van der Waals surface area contributed by atoms with E-state index in [0.29, 0.717) is 11.9 Å². The summed E-state index contributed by atoms with van der Waals surface area (Å²) in [5.41, 5.74) is 9.88. The van der Waals surface area contributed by atoms with Gasteiger partial charge in [0.15, 0.2) is 0 Å². The molecule has 1 aliphatic heterocycles. The highest BCUT2D eigenvalue weighted by molar-refractivity contribution is 9.10. The number of benzene rings is 1. The number of nitrogens with one attached hydrogen (secondary N) is 1. The lowest BCUT2D eigenvalue weighted by molar-refractivity contribution is 0.343. The highest BCUT2D eigenvalue weighted by atomic mass is 79.9. The highest BCUT2D eigenvalue weighted by Crippen LogP contribution is 2.32. The van der Waals surface area contributed by atoms with Crippen molar-refractivity contribution in [3.8, 4) is 22.4 Å². The van der Waals surface area contributed by atoms with Crippen molar-refractivity contribution in [3.05, 3.63) is 59.6 Å². The van der Waals surface area contributed by atoms with E-state index < -0.39 is 0 Å².